The molecule has 0 spiro atoms. The van der Waals surface area contributed by atoms with Crippen LogP contribution in [0.2, 0.25) is 0 Å². The molecule has 5 heteroatoms. The molecule has 1 aromatic heterocycles. The first-order chi connectivity index (χ1) is 5.43. The predicted octanol–water partition coefficient (Wildman–Crippen LogP) is -0.164. The number of hydrogen-bond acceptors (Lipinski definition) is 4. The molecular weight excluding hydrogens is 144 g/mol. The van der Waals surface area contributed by atoms with Gasteiger partial charge >= 0.3 is 0 Å². The van der Waals surface area contributed by atoms with E-state index >= 15 is 0 Å². The molecule has 0 unspecified atom stereocenters. The van der Waals surface area contributed by atoms with E-state index in [0.29, 0.717) is 0 Å². The maximum absolute atomic E-state index is 8.47. The second-order valence-corrected chi connectivity index (χ2v) is 2.32. The quantitative estimate of drug-likeness (QED) is 0.601. The SMILES string of the molecule is OCCCCCn1ncnn1. The zero-order valence-corrected chi connectivity index (χ0v) is 6.35. The Morgan fingerprint density at radius 3 is 2.82 bits per heavy atom. The molecule has 0 aliphatic rings. The van der Waals surface area contributed by atoms with Crippen LogP contribution in [0.4, 0.5) is 0 Å². The molecule has 11 heavy (non-hydrogen) atoms. The first-order valence-electron chi connectivity index (χ1n) is 3.75. The van der Waals surface area contributed by atoms with E-state index in [-0.39, 0.29) is 6.61 Å². The summed E-state index contributed by atoms with van der Waals surface area (Å²) in [5.41, 5.74) is 0. The van der Waals surface area contributed by atoms with Crippen molar-refractivity contribution in [3.8, 4) is 0 Å². The number of aromatic nitrogens is 4. The minimum absolute atomic E-state index is 0.269. The Morgan fingerprint density at radius 1 is 1.27 bits per heavy atom. The summed E-state index contributed by atoms with van der Waals surface area (Å²) < 4.78 is 0. The van der Waals surface area contributed by atoms with Gasteiger partial charge < -0.3 is 5.11 Å². The topological polar surface area (TPSA) is 63.8 Å². The van der Waals surface area contributed by atoms with Gasteiger partial charge in [0.15, 0.2) is 6.33 Å². The lowest BCUT2D eigenvalue weighted by Crippen LogP contribution is -2.02. The van der Waals surface area contributed by atoms with Crippen LogP contribution in [-0.4, -0.2) is 31.9 Å². The van der Waals surface area contributed by atoms with Crippen molar-refractivity contribution in [1.82, 2.24) is 20.2 Å². The van der Waals surface area contributed by atoms with Crippen LogP contribution >= 0.6 is 0 Å². The molecule has 0 amide bonds. The largest absolute Gasteiger partial charge is 0.396 e. The van der Waals surface area contributed by atoms with Gasteiger partial charge in [0.1, 0.15) is 0 Å². The van der Waals surface area contributed by atoms with Gasteiger partial charge in [-0.3, -0.25) is 0 Å². The highest BCUT2D eigenvalue weighted by atomic mass is 16.2. The molecule has 62 valence electrons. The van der Waals surface area contributed by atoms with E-state index in [1.807, 2.05) is 0 Å². The first kappa shape index (κ1) is 8.13. The lowest BCUT2D eigenvalue weighted by Gasteiger charge is -1.96. The zero-order valence-electron chi connectivity index (χ0n) is 6.35. The number of aryl methyl sites for hydroxylation is 1. The molecule has 1 aromatic rings. The highest BCUT2D eigenvalue weighted by Gasteiger charge is 1.91. The van der Waals surface area contributed by atoms with Crippen molar-refractivity contribution < 1.29 is 5.11 Å². The van der Waals surface area contributed by atoms with E-state index in [9.17, 15) is 0 Å². The number of rotatable bonds is 5. The Labute approximate surface area is 65.0 Å². The molecule has 1 heterocycles. The van der Waals surface area contributed by atoms with Gasteiger partial charge in [0.25, 0.3) is 0 Å². The minimum atomic E-state index is 0.269. The summed E-state index contributed by atoms with van der Waals surface area (Å²) in [4.78, 5) is 1.55. The third-order valence-corrected chi connectivity index (χ3v) is 1.41. The number of hydrogen-bond donors (Lipinski definition) is 1. The molecular formula is C6H12N4O. The first-order valence-corrected chi connectivity index (χ1v) is 3.75. The van der Waals surface area contributed by atoms with Crippen molar-refractivity contribution in [3.63, 3.8) is 0 Å². The summed E-state index contributed by atoms with van der Waals surface area (Å²) in [5, 5.41) is 19.6. The highest BCUT2D eigenvalue weighted by molar-refractivity contribution is 4.42. The molecule has 0 bridgehead atoms. The molecule has 0 atom stereocenters. The Hall–Kier alpha value is -0.970. The Morgan fingerprint density at radius 2 is 2.18 bits per heavy atom. The van der Waals surface area contributed by atoms with Crippen molar-refractivity contribution >= 4 is 0 Å². The monoisotopic (exact) mass is 156 g/mol. The van der Waals surface area contributed by atoms with Crippen LogP contribution < -0.4 is 0 Å². The second kappa shape index (κ2) is 4.79. The van der Waals surface area contributed by atoms with Crippen molar-refractivity contribution in [1.29, 1.82) is 0 Å². The second-order valence-electron chi connectivity index (χ2n) is 2.32. The number of aliphatic hydroxyl groups excluding tert-OH is 1. The third kappa shape index (κ3) is 3.08. The zero-order chi connectivity index (χ0) is 7.94. The van der Waals surface area contributed by atoms with Crippen LogP contribution in [0.1, 0.15) is 19.3 Å². The van der Waals surface area contributed by atoms with Gasteiger partial charge in [0, 0.05) is 6.61 Å². The van der Waals surface area contributed by atoms with Gasteiger partial charge in [-0.1, -0.05) is 0 Å². The lowest BCUT2D eigenvalue weighted by atomic mass is 10.2. The van der Waals surface area contributed by atoms with E-state index in [2.05, 4.69) is 15.4 Å². The number of aliphatic hydroxyl groups is 1. The fourth-order valence-electron chi connectivity index (χ4n) is 0.833. The maximum Gasteiger partial charge on any atom is 0.162 e. The van der Waals surface area contributed by atoms with Crippen LogP contribution in [0.25, 0.3) is 0 Å². The summed E-state index contributed by atoms with van der Waals surface area (Å²) in [5.74, 6) is 0. The molecule has 0 fully saturated rings. The summed E-state index contributed by atoms with van der Waals surface area (Å²) in [6.45, 7) is 1.06. The average molecular weight is 156 g/mol. The normalized spacial score (nSPS) is 10.3. The van der Waals surface area contributed by atoms with Crippen LogP contribution in [0.15, 0.2) is 6.33 Å². The number of nitrogens with zero attached hydrogens (tertiary/aromatic N) is 4. The Bertz CT molecular complexity index is 175. The van der Waals surface area contributed by atoms with Gasteiger partial charge in [0.2, 0.25) is 0 Å². The minimum Gasteiger partial charge on any atom is -0.396 e. The van der Waals surface area contributed by atoms with E-state index < -0.39 is 0 Å². The molecule has 0 aliphatic heterocycles. The summed E-state index contributed by atoms with van der Waals surface area (Å²) in [6.07, 6.45) is 4.29. The number of unbranched alkanes of at least 4 members (excludes halogenated alkanes) is 2. The maximum atomic E-state index is 8.47. The average Bonchev–Trinajstić information content (AvgIpc) is 2.50. The van der Waals surface area contributed by atoms with Gasteiger partial charge in [-0.05, 0) is 24.5 Å². The van der Waals surface area contributed by atoms with Crippen molar-refractivity contribution in [3.05, 3.63) is 6.33 Å². The van der Waals surface area contributed by atoms with Gasteiger partial charge in [-0.2, -0.15) is 4.80 Å². The van der Waals surface area contributed by atoms with Crippen LogP contribution in [0.3, 0.4) is 0 Å². The van der Waals surface area contributed by atoms with E-state index in [4.69, 9.17) is 5.11 Å². The molecule has 1 rings (SSSR count). The molecule has 0 aliphatic carbocycles. The van der Waals surface area contributed by atoms with Gasteiger partial charge in [0.05, 0.1) is 6.54 Å². The standard InChI is InChI=1S/C6H12N4O/c11-5-3-1-2-4-10-8-6-7-9-10/h6,11H,1-5H2. The summed E-state index contributed by atoms with van der Waals surface area (Å²) in [7, 11) is 0. The van der Waals surface area contributed by atoms with E-state index in [0.717, 1.165) is 25.8 Å². The van der Waals surface area contributed by atoms with E-state index in [1.165, 1.54) is 6.33 Å². The van der Waals surface area contributed by atoms with Crippen LogP contribution in [0.5, 0.6) is 0 Å². The summed E-state index contributed by atoms with van der Waals surface area (Å²) in [6, 6.07) is 0. The van der Waals surface area contributed by atoms with Crippen molar-refractivity contribution in [2.75, 3.05) is 6.61 Å². The molecule has 0 saturated carbocycles. The summed E-state index contributed by atoms with van der Waals surface area (Å²) >= 11 is 0. The van der Waals surface area contributed by atoms with Gasteiger partial charge in [-0.15, -0.1) is 10.2 Å². The lowest BCUT2D eigenvalue weighted by molar-refractivity contribution is 0.280. The molecule has 0 saturated heterocycles. The van der Waals surface area contributed by atoms with Crippen molar-refractivity contribution in [2.24, 2.45) is 0 Å². The Balaban J connectivity index is 2.04. The third-order valence-electron chi connectivity index (χ3n) is 1.41. The predicted molar refractivity (Wildman–Crippen MR) is 38.8 cm³/mol. The van der Waals surface area contributed by atoms with Crippen molar-refractivity contribution in [2.45, 2.75) is 25.8 Å². The van der Waals surface area contributed by atoms with E-state index in [1.54, 1.807) is 4.80 Å². The fourth-order valence-corrected chi connectivity index (χ4v) is 0.833. The number of tetrazole rings is 1. The fraction of sp³-hybridized carbons (Fsp3) is 0.833. The molecule has 0 radical (unpaired) electrons. The highest BCUT2D eigenvalue weighted by Crippen LogP contribution is 1.94. The smallest absolute Gasteiger partial charge is 0.162 e. The van der Waals surface area contributed by atoms with Crippen LogP contribution in [-0.2, 0) is 6.54 Å². The molecule has 5 nitrogen and oxygen atoms in total. The Kier molecular flexibility index (Phi) is 3.54. The van der Waals surface area contributed by atoms with Gasteiger partial charge in [-0.25, -0.2) is 0 Å². The van der Waals surface area contributed by atoms with Crippen LogP contribution in [0, 0.1) is 0 Å². The molecule has 1 N–H and O–H groups in total. The molecule has 0 aromatic carbocycles.